The lowest BCUT2D eigenvalue weighted by Gasteiger charge is -2.17. The lowest BCUT2D eigenvalue weighted by molar-refractivity contribution is -0.274. The van der Waals surface area contributed by atoms with E-state index in [4.69, 9.17) is 23.2 Å². The van der Waals surface area contributed by atoms with Crippen LogP contribution in [0.2, 0.25) is 8.67 Å². The number of benzene rings is 1. The van der Waals surface area contributed by atoms with Crippen molar-refractivity contribution < 1.29 is 17.9 Å². The average Bonchev–Trinajstić information content (AvgIpc) is 2.70. The van der Waals surface area contributed by atoms with Crippen molar-refractivity contribution in [3.8, 4) is 5.75 Å². The van der Waals surface area contributed by atoms with Gasteiger partial charge < -0.3 is 10.1 Å². The fraction of sp³-hybridized carbons (Fsp3) is 0.231. The highest BCUT2D eigenvalue weighted by Crippen LogP contribution is 2.37. The minimum Gasteiger partial charge on any atom is -0.406 e. The summed E-state index contributed by atoms with van der Waals surface area (Å²) in [6.07, 6.45) is -4.70. The first-order chi connectivity index (χ1) is 9.80. The van der Waals surface area contributed by atoms with Gasteiger partial charge in [-0.3, -0.25) is 0 Å². The van der Waals surface area contributed by atoms with Crippen LogP contribution in [-0.4, -0.2) is 13.4 Å². The number of hydrogen-bond donors (Lipinski definition) is 1. The van der Waals surface area contributed by atoms with Gasteiger partial charge in [-0.25, -0.2) is 0 Å². The maximum atomic E-state index is 12.1. The second-order valence-electron chi connectivity index (χ2n) is 4.12. The Morgan fingerprint density at radius 2 is 1.81 bits per heavy atom. The largest absolute Gasteiger partial charge is 0.573 e. The number of ether oxygens (including phenoxy) is 1. The second kappa shape index (κ2) is 6.44. The van der Waals surface area contributed by atoms with Crippen LogP contribution in [0.1, 0.15) is 17.2 Å². The minimum atomic E-state index is -4.70. The van der Waals surface area contributed by atoms with Crippen LogP contribution in [0.5, 0.6) is 5.75 Å². The molecule has 8 heteroatoms. The van der Waals surface area contributed by atoms with Gasteiger partial charge in [-0.1, -0.05) is 35.3 Å². The van der Waals surface area contributed by atoms with E-state index in [1.54, 1.807) is 25.2 Å². The minimum absolute atomic E-state index is 0.263. The van der Waals surface area contributed by atoms with Gasteiger partial charge in [0.25, 0.3) is 0 Å². The first-order valence-corrected chi connectivity index (χ1v) is 7.35. The monoisotopic (exact) mass is 355 g/mol. The quantitative estimate of drug-likeness (QED) is 0.807. The molecule has 1 atom stereocenters. The first-order valence-electron chi connectivity index (χ1n) is 5.78. The van der Waals surface area contributed by atoms with Crippen molar-refractivity contribution in [3.05, 3.63) is 50.1 Å². The summed E-state index contributed by atoms with van der Waals surface area (Å²) in [5.74, 6) is -0.268. The van der Waals surface area contributed by atoms with Crippen molar-refractivity contribution >= 4 is 34.5 Å². The molecule has 0 amide bonds. The molecule has 0 aliphatic heterocycles. The lowest BCUT2D eigenvalue weighted by atomic mass is 10.0. The summed E-state index contributed by atoms with van der Waals surface area (Å²) in [6, 6.07) is 7.08. The smallest absolute Gasteiger partial charge is 0.406 e. The lowest BCUT2D eigenvalue weighted by Crippen LogP contribution is -2.18. The fourth-order valence-electron chi connectivity index (χ4n) is 1.91. The molecular formula is C13H10Cl2F3NOS. The molecule has 2 nitrogen and oxygen atoms in total. The highest BCUT2D eigenvalue weighted by atomic mass is 35.5. The van der Waals surface area contributed by atoms with Gasteiger partial charge in [0.15, 0.2) is 0 Å². The Morgan fingerprint density at radius 3 is 2.24 bits per heavy atom. The van der Waals surface area contributed by atoms with Crippen LogP contribution < -0.4 is 10.1 Å². The van der Waals surface area contributed by atoms with Gasteiger partial charge in [0.1, 0.15) is 5.75 Å². The molecule has 1 heterocycles. The molecule has 0 saturated heterocycles. The van der Waals surface area contributed by atoms with Crippen LogP contribution in [0.15, 0.2) is 30.3 Å². The molecule has 114 valence electrons. The summed E-state index contributed by atoms with van der Waals surface area (Å²) < 4.78 is 41.3. The maximum Gasteiger partial charge on any atom is 0.573 e. The van der Waals surface area contributed by atoms with E-state index in [0.29, 0.717) is 8.67 Å². The van der Waals surface area contributed by atoms with Gasteiger partial charge in [0.05, 0.1) is 14.7 Å². The van der Waals surface area contributed by atoms with Crippen LogP contribution in [0, 0.1) is 0 Å². The molecular weight excluding hydrogens is 346 g/mol. The van der Waals surface area contributed by atoms with Crippen molar-refractivity contribution in [2.24, 2.45) is 0 Å². The molecule has 0 aliphatic carbocycles. The first kappa shape index (κ1) is 16.4. The van der Waals surface area contributed by atoms with E-state index >= 15 is 0 Å². The molecule has 0 saturated carbocycles. The van der Waals surface area contributed by atoms with Crippen LogP contribution in [0.25, 0.3) is 0 Å². The van der Waals surface area contributed by atoms with E-state index < -0.39 is 6.36 Å². The van der Waals surface area contributed by atoms with Gasteiger partial charge in [-0.2, -0.15) is 0 Å². The molecule has 1 N–H and O–H groups in total. The maximum absolute atomic E-state index is 12.1. The predicted molar refractivity (Wildman–Crippen MR) is 78.4 cm³/mol. The van der Waals surface area contributed by atoms with Crippen molar-refractivity contribution in [1.82, 2.24) is 5.32 Å². The number of rotatable bonds is 4. The summed E-state index contributed by atoms with van der Waals surface area (Å²) in [5, 5.41) is 3.06. The van der Waals surface area contributed by atoms with E-state index in [0.717, 1.165) is 11.1 Å². The zero-order valence-electron chi connectivity index (χ0n) is 10.7. The van der Waals surface area contributed by atoms with Gasteiger partial charge >= 0.3 is 6.36 Å². The highest BCUT2D eigenvalue weighted by molar-refractivity contribution is 7.20. The van der Waals surface area contributed by atoms with Gasteiger partial charge in [0, 0.05) is 5.56 Å². The summed E-state index contributed by atoms with van der Waals surface area (Å²) in [5.41, 5.74) is 1.53. The van der Waals surface area contributed by atoms with Crippen molar-refractivity contribution in [2.75, 3.05) is 7.05 Å². The van der Waals surface area contributed by atoms with Gasteiger partial charge in [-0.15, -0.1) is 24.5 Å². The summed E-state index contributed by atoms with van der Waals surface area (Å²) in [4.78, 5) is 0. The zero-order chi connectivity index (χ0) is 15.6. The number of hydrogen-bond acceptors (Lipinski definition) is 3. The summed E-state index contributed by atoms with van der Waals surface area (Å²) >= 11 is 13.3. The topological polar surface area (TPSA) is 21.3 Å². The Labute approximate surface area is 133 Å². The Morgan fingerprint density at radius 1 is 1.19 bits per heavy atom. The molecule has 0 bridgehead atoms. The molecule has 2 rings (SSSR count). The third-order valence-corrected chi connectivity index (χ3v) is 4.25. The standard InChI is InChI=1S/C13H10Cl2F3NOS/c1-19-11(9-6-10(14)21-12(9)15)7-2-4-8(5-3-7)20-13(16,17)18/h2-6,11,19H,1H3. The third-order valence-electron chi connectivity index (χ3n) is 2.73. The zero-order valence-corrected chi connectivity index (χ0v) is 13.0. The number of halogens is 5. The van der Waals surface area contributed by atoms with Crippen LogP contribution >= 0.6 is 34.5 Å². The molecule has 1 aromatic carbocycles. The van der Waals surface area contributed by atoms with Crippen LogP contribution in [0.4, 0.5) is 13.2 Å². The number of thiophene rings is 1. The Bertz CT molecular complexity index is 613. The highest BCUT2D eigenvalue weighted by Gasteiger charge is 2.31. The van der Waals surface area contributed by atoms with E-state index in [2.05, 4.69) is 10.1 Å². The van der Waals surface area contributed by atoms with Crippen molar-refractivity contribution in [3.63, 3.8) is 0 Å². The van der Waals surface area contributed by atoms with Gasteiger partial charge in [0.2, 0.25) is 0 Å². The molecule has 2 aromatic rings. The van der Waals surface area contributed by atoms with Crippen molar-refractivity contribution in [2.45, 2.75) is 12.4 Å². The van der Waals surface area contributed by atoms with E-state index in [-0.39, 0.29) is 11.8 Å². The average molecular weight is 356 g/mol. The van der Waals surface area contributed by atoms with Crippen molar-refractivity contribution in [1.29, 1.82) is 0 Å². The molecule has 1 unspecified atom stereocenters. The van der Waals surface area contributed by atoms with E-state index in [1.807, 2.05) is 0 Å². The summed E-state index contributed by atoms with van der Waals surface area (Å²) in [7, 11) is 1.73. The molecule has 1 aromatic heterocycles. The number of nitrogens with one attached hydrogen (secondary N) is 1. The fourth-order valence-corrected chi connectivity index (χ4v) is 3.45. The van der Waals surface area contributed by atoms with E-state index in [9.17, 15) is 13.2 Å². The molecule has 0 spiro atoms. The van der Waals surface area contributed by atoms with Crippen LogP contribution in [-0.2, 0) is 0 Å². The Hall–Kier alpha value is -0.950. The van der Waals surface area contributed by atoms with Crippen LogP contribution in [0.3, 0.4) is 0 Å². The predicted octanol–water partition coefficient (Wildman–Crippen LogP) is 5.26. The molecule has 0 aliphatic rings. The van der Waals surface area contributed by atoms with E-state index in [1.165, 1.54) is 23.5 Å². The van der Waals surface area contributed by atoms with Gasteiger partial charge in [-0.05, 0) is 30.8 Å². The molecule has 21 heavy (non-hydrogen) atoms. The molecule has 0 fully saturated rings. The summed E-state index contributed by atoms with van der Waals surface area (Å²) in [6.45, 7) is 0. The Kier molecular flexibility index (Phi) is 5.03. The normalized spacial score (nSPS) is 13.2. The second-order valence-corrected chi connectivity index (χ2v) is 6.40. The SMILES string of the molecule is CNC(c1ccc(OC(F)(F)F)cc1)c1cc(Cl)sc1Cl. The third kappa shape index (κ3) is 4.26. The molecule has 0 radical (unpaired) electrons. The number of alkyl halides is 3. The Balaban J connectivity index is 2.25.